The Morgan fingerprint density at radius 1 is 1.00 bits per heavy atom. The maximum atomic E-state index is 8.67. The van der Waals surface area contributed by atoms with Crippen LogP contribution >= 0.6 is 11.6 Å². The normalized spacial score (nSPS) is 9.15. The first kappa shape index (κ1) is 13.7. The summed E-state index contributed by atoms with van der Waals surface area (Å²) in [5.74, 6) is 0. The van der Waals surface area contributed by atoms with E-state index in [4.69, 9.17) is 22.1 Å². The summed E-state index contributed by atoms with van der Waals surface area (Å²) in [7, 11) is 0. The summed E-state index contributed by atoms with van der Waals surface area (Å²) in [4.78, 5) is 0. The number of halogens is 1. The molecule has 0 heterocycles. The topological polar surface area (TPSA) is 59.6 Å². The Morgan fingerprint density at radius 2 is 1.70 bits per heavy atom. The summed E-state index contributed by atoms with van der Waals surface area (Å²) < 4.78 is 0. The fourth-order valence-electron chi connectivity index (χ4n) is 1.68. The van der Waals surface area contributed by atoms with Gasteiger partial charge in [0.1, 0.15) is 17.7 Å². The summed E-state index contributed by atoms with van der Waals surface area (Å²) in [6.45, 7) is 0. The van der Waals surface area contributed by atoms with Gasteiger partial charge in [0.25, 0.3) is 0 Å². The summed E-state index contributed by atoms with van der Waals surface area (Å²) >= 11 is 5.87. The van der Waals surface area contributed by atoms with E-state index in [-0.39, 0.29) is 5.57 Å². The molecule has 3 nitrogen and oxygen atoms in total. The highest BCUT2D eigenvalue weighted by molar-refractivity contribution is 6.30. The first-order chi connectivity index (χ1) is 9.72. The molecule has 0 aliphatic rings. The number of nitrogens with one attached hydrogen (secondary N) is 1. The largest absolute Gasteiger partial charge is 0.360 e. The predicted molar refractivity (Wildman–Crippen MR) is 79.8 cm³/mol. The Morgan fingerprint density at radius 3 is 2.35 bits per heavy atom. The molecule has 2 aromatic carbocycles. The Kier molecular flexibility index (Phi) is 4.39. The van der Waals surface area contributed by atoms with E-state index in [9.17, 15) is 0 Å². The number of hydrogen-bond acceptors (Lipinski definition) is 3. The highest BCUT2D eigenvalue weighted by Crippen LogP contribution is 2.24. The maximum absolute atomic E-state index is 8.67. The molecule has 1 N–H and O–H groups in total. The Hall–Kier alpha value is -2.75. The van der Waals surface area contributed by atoms with Gasteiger partial charge in [-0.3, -0.25) is 0 Å². The molecule has 0 saturated carbocycles. The van der Waals surface area contributed by atoms with Gasteiger partial charge >= 0.3 is 0 Å². The third kappa shape index (κ3) is 3.38. The molecule has 96 valence electrons. The monoisotopic (exact) mass is 279 g/mol. The van der Waals surface area contributed by atoms with Crippen molar-refractivity contribution in [1.82, 2.24) is 0 Å². The van der Waals surface area contributed by atoms with E-state index in [0.717, 1.165) is 16.8 Å². The number of anilines is 1. The number of allylic oxidation sites excluding steroid dienone is 1. The van der Waals surface area contributed by atoms with E-state index in [0.29, 0.717) is 5.02 Å². The average molecular weight is 280 g/mol. The lowest BCUT2D eigenvalue weighted by Crippen LogP contribution is -1.90. The summed E-state index contributed by atoms with van der Waals surface area (Å²) in [5.41, 5.74) is 2.90. The van der Waals surface area contributed by atoms with Crippen LogP contribution in [0.1, 0.15) is 0 Å². The van der Waals surface area contributed by atoms with E-state index in [1.165, 1.54) is 6.20 Å². The maximum Gasteiger partial charge on any atom is 0.145 e. The zero-order valence-electron chi connectivity index (χ0n) is 10.5. The van der Waals surface area contributed by atoms with E-state index in [1.807, 2.05) is 48.5 Å². The van der Waals surface area contributed by atoms with Crippen LogP contribution in [0.15, 0.2) is 60.3 Å². The van der Waals surface area contributed by atoms with Crippen molar-refractivity contribution in [2.45, 2.75) is 0 Å². The van der Waals surface area contributed by atoms with Crippen LogP contribution in [0.3, 0.4) is 0 Å². The molecular formula is C16H10ClN3. The van der Waals surface area contributed by atoms with E-state index >= 15 is 0 Å². The van der Waals surface area contributed by atoms with Crippen molar-refractivity contribution in [3.63, 3.8) is 0 Å². The lowest BCUT2D eigenvalue weighted by atomic mass is 10.1. The fraction of sp³-hybridized carbons (Fsp3) is 0. The van der Waals surface area contributed by atoms with Gasteiger partial charge in [-0.2, -0.15) is 10.5 Å². The Balaban J connectivity index is 2.25. The summed E-state index contributed by atoms with van der Waals surface area (Å²) in [6, 6.07) is 18.8. The van der Waals surface area contributed by atoms with Crippen LogP contribution in [0.5, 0.6) is 0 Å². The van der Waals surface area contributed by atoms with Gasteiger partial charge in [0.2, 0.25) is 0 Å². The number of rotatable bonds is 3. The van der Waals surface area contributed by atoms with Crippen molar-refractivity contribution in [3.8, 4) is 23.3 Å². The van der Waals surface area contributed by atoms with Crippen LogP contribution in [0.4, 0.5) is 5.69 Å². The summed E-state index contributed by atoms with van der Waals surface area (Å²) in [5, 5.41) is 21.0. The molecule has 0 amide bonds. The number of hydrogen-bond donors (Lipinski definition) is 1. The second-order valence-electron chi connectivity index (χ2n) is 4.01. The average Bonchev–Trinajstić information content (AvgIpc) is 2.49. The second kappa shape index (κ2) is 6.43. The highest BCUT2D eigenvalue weighted by Gasteiger charge is 1.99. The fourth-order valence-corrected chi connectivity index (χ4v) is 1.80. The van der Waals surface area contributed by atoms with Crippen LogP contribution in [0.2, 0.25) is 5.02 Å². The molecule has 0 saturated heterocycles. The van der Waals surface area contributed by atoms with Crippen molar-refractivity contribution in [2.24, 2.45) is 0 Å². The SMILES string of the molecule is N#CC(C#N)=CNc1cccc(-c2ccc(Cl)cc2)c1. The number of benzene rings is 2. The summed E-state index contributed by atoms with van der Waals surface area (Å²) in [6.07, 6.45) is 1.39. The van der Waals surface area contributed by atoms with Gasteiger partial charge in [-0.05, 0) is 35.4 Å². The van der Waals surface area contributed by atoms with Crippen LogP contribution in [0, 0.1) is 22.7 Å². The van der Waals surface area contributed by atoms with Crippen LogP contribution in [-0.2, 0) is 0 Å². The molecule has 2 aromatic rings. The molecule has 0 aliphatic carbocycles. The van der Waals surface area contributed by atoms with E-state index in [1.54, 1.807) is 12.1 Å². The molecular weight excluding hydrogens is 270 g/mol. The zero-order valence-corrected chi connectivity index (χ0v) is 11.2. The minimum Gasteiger partial charge on any atom is -0.360 e. The van der Waals surface area contributed by atoms with Gasteiger partial charge in [0.05, 0.1) is 0 Å². The van der Waals surface area contributed by atoms with Gasteiger partial charge in [0.15, 0.2) is 0 Å². The molecule has 0 aliphatic heterocycles. The van der Waals surface area contributed by atoms with E-state index < -0.39 is 0 Å². The standard InChI is InChI=1S/C16H10ClN3/c17-15-6-4-13(5-7-15)14-2-1-3-16(8-14)20-11-12(9-18)10-19/h1-8,11,20H. The third-order valence-electron chi connectivity index (χ3n) is 2.66. The lowest BCUT2D eigenvalue weighted by molar-refractivity contribution is 1.44. The lowest BCUT2D eigenvalue weighted by Gasteiger charge is -2.05. The van der Waals surface area contributed by atoms with Crippen LogP contribution in [0.25, 0.3) is 11.1 Å². The van der Waals surface area contributed by atoms with Crippen LogP contribution in [-0.4, -0.2) is 0 Å². The van der Waals surface area contributed by atoms with E-state index in [2.05, 4.69) is 5.32 Å². The van der Waals surface area contributed by atoms with Gasteiger partial charge < -0.3 is 5.32 Å². The Bertz CT molecular complexity index is 703. The van der Waals surface area contributed by atoms with Gasteiger partial charge in [0, 0.05) is 16.9 Å². The zero-order chi connectivity index (χ0) is 14.4. The van der Waals surface area contributed by atoms with Crippen molar-refractivity contribution in [2.75, 3.05) is 5.32 Å². The first-order valence-electron chi connectivity index (χ1n) is 5.86. The minimum atomic E-state index is 0.0295. The van der Waals surface area contributed by atoms with Gasteiger partial charge in [-0.25, -0.2) is 0 Å². The third-order valence-corrected chi connectivity index (χ3v) is 2.92. The Labute approximate surface area is 122 Å². The first-order valence-corrected chi connectivity index (χ1v) is 6.23. The van der Waals surface area contributed by atoms with Crippen molar-refractivity contribution in [3.05, 3.63) is 65.3 Å². The van der Waals surface area contributed by atoms with Gasteiger partial charge in [-0.15, -0.1) is 0 Å². The quantitative estimate of drug-likeness (QED) is 0.850. The number of nitriles is 2. The molecule has 0 fully saturated rings. The highest BCUT2D eigenvalue weighted by atomic mass is 35.5. The molecule has 4 heteroatoms. The molecule has 0 atom stereocenters. The van der Waals surface area contributed by atoms with Crippen molar-refractivity contribution in [1.29, 1.82) is 10.5 Å². The molecule has 0 radical (unpaired) electrons. The molecule has 2 rings (SSSR count). The smallest absolute Gasteiger partial charge is 0.145 e. The number of nitrogens with zero attached hydrogens (tertiary/aromatic N) is 2. The molecule has 0 spiro atoms. The predicted octanol–water partition coefficient (Wildman–Crippen LogP) is 4.35. The molecule has 0 bridgehead atoms. The van der Waals surface area contributed by atoms with Gasteiger partial charge in [-0.1, -0.05) is 35.9 Å². The molecule has 0 aromatic heterocycles. The molecule has 0 unspecified atom stereocenters. The van der Waals surface area contributed by atoms with Crippen molar-refractivity contribution >= 4 is 17.3 Å². The molecule has 20 heavy (non-hydrogen) atoms. The van der Waals surface area contributed by atoms with Crippen LogP contribution < -0.4 is 5.32 Å². The minimum absolute atomic E-state index is 0.0295. The second-order valence-corrected chi connectivity index (χ2v) is 4.45. The van der Waals surface area contributed by atoms with Crippen molar-refractivity contribution < 1.29 is 0 Å².